The molecule has 8 heteroatoms. The van der Waals surface area contributed by atoms with Crippen molar-refractivity contribution >= 4 is 11.6 Å². The second-order valence-electron chi connectivity index (χ2n) is 10.7. The van der Waals surface area contributed by atoms with E-state index in [1.807, 2.05) is 30.3 Å². The fourth-order valence-corrected chi connectivity index (χ4v) is 5.28. The van der Waals surface area contributed by atoms with Gasteiger partial charge in [-0.05, 0) is 62.6 Å². The lowest BCUT2D eigenvalue weighted by Gasteiger charge is -2.55. The van der Waals surface area contributed by atoms with Crippen LogP contribution in [0.5, 0.6) is 11.5 Å². The average Bonchev–Trinajstić information content (AvgIpc) is 2.91. The summed E-state index contributed by atoms with van der Waals surface area (Å²) in [6, 6.07) is 19.1. The number of aliphatic hydroxyl groups is 1. The summed E-state index contributed by atoms with van der Waals surface area (Å²) in [4.78, 5) is 20.6. The van der Waals surface area contributed by atoms with Gasteiger partial charge in [0.1, 0.15) is 23.2 Å². The van der Waals surface area contributed by atoms with E-state index in [1.54, 1.807) is 35.5 Å². The minimum atomic E-state index is -1.34. The van der Waals surface area contributed by atoms with Gasteiger partial charge >= 0.3 is 0 Å². The first-order valence-corrected chi connectivity index (χ1v) is 12.6. The minimum absolute atomic E-state index is 0.0974. The number of carbonyl (C=O) groups is 1. The third-order valence-electron chi connectivity index (χ3n) is 7.41. The van der Waals surface area contributed by atoms with Gasteiger partial charge in [0.05, 0.1) is 29.1 Å². The number of nitrogens with zero attached hydrogens (tertiary/aromatic N) is 5. The number of piperidine rings is 1. The molecular formula is C30H29N5O3. The van der Waals surface area contributed by atoms with Crippen LogP contribution in [0.4, 0.5) is 5.69 Å². The van der Waals surface area contributed by atoms with Crippen LogP contribution < -0.4 is 9.64 Å². The van der Waals surface area contributed by atoms with Crippen LogP contribution in [0.15, 0.2) is 60.9 Å². The molecule has 1 aromatic heterocycles. The highest BCUT2D eigenvalue weighted by Gasteiger charge is 2.49. The fourth-order valence-electron chi connectivity index (χ4n) is 5.28. The van der Waals surface area contributed by atoms with Gasteiger partial charge in [-0.15, -0.1) is 0 Å². The number of rotatable bonds is 5. The van der Waals surface area contributed by atoms with Crippen molar-refractivity contribution in [3.05, 3.63) is 72.1 Å². The molecule has 0 unspecified atom stereocenters. The van der Waals surface area contributed by atoms with Crippen LogP contribution in [0, 0.1) is 28.1 Å². The van der Waals surface area contributed by atoms with E-state index in [-0.39, 0.29) is 11.3 Å². The number of ether oxygens (including phenoxy) is 1. The van der Waals surface area contributed by atoms with Gasteiger partial charge in [0.2, 0.25) is 0 Å². The molecule has 2 aliphatic rings. The number of hydrogen-bond acceptors (Lipinski definition) is 7. The smallest absolute Gasteiger partial charge is 0.253 e. The first-order valence-electron chi connectivity index (χ1n) is 12.6. The SMILES string of the molecule is CC(C)(O)C(=O)N1CC2(CCN(c3ccc(Oc4cncc(-c5ccc(C#N)cc5)c4)cc3C#N)CC2)C1. The molecule has 2 fully saturated rings. The highest BCUT2D eigenvalue weighted by molar-refractivity contribution is 5.85. The monoisotopic (exact) mass is 507 g/mol. The van der Waals surface area contributed by atoms with Crippen LogP contribution in [0.1, 0.15) is 37.8 Å². The highest BCUT2D eigenvalue weighted by Crippen LogP contribution is 2.43. The van der Waals surface area contributed by atoms with E-state index in [1.165, 1.54) is 13.8 Å². The van der Waals surface area contributed by atoms with Crippen molar-refractivity contribution in [2.45, 2.75) is 32.3 Å². The van der Waals surface area contributed by atoms with Crippen molar-refractivity contribution < 1.29 is 14.6 Å². The molecule has 0 aliphatic carbocycles. The lowest BCUT2D eigenvalue weighted by Crippen LogP contribution is -2.64. The largest absolute Gasteiger partial charge is 0.456 e. The number of benzene rings is 2. The topological polar surface area (TPSA) is 113 Å². The van der Waals surface area contributed by atoms with Gasteiger partial charge in [-0.2, -0.15) is 10.5 Å². The molecule has 1 N–H and O–H groups in total. The maximum Gasteiger partial charge on any atom is 0.253 e. The van der Waals surface area contributed by atoms with Gasteiger partial charge in [0.15, 0.2) is 0 Å². The Morgan fingerprint density at radius 1 is 0.974 bits per heavy atom. The molecule has 1 amide bonds. The van der Waals surface area contributed by atoms with Gasteiger partial charge in [-0.1, -0.05) is 12.1 Å². The summed E-state index contributed by atoms with van der Waals surface area (Å²) in [5.41, 5.74) is 2.57. The lowest BCUT2D eigenvalue weighted by molar-refractivity contribution is -0.161. The molecule has 2 aliphatic heterocycles. The second kappa shape index (κ2) is 9.81. The predicted octanol–water partition coefficient (Wildman–Crippen LogP) is 4.48. The molecule has 5 rings (SSSR count). The lowest BCUT2D eigenvalue weighted by atomic mass is 9.71. The quantitative estimate of drug-likeness (QED) is 0.541. The van der Waals surface area contributed by atoms with Gasteiger partial charge < -0.3 is 19.6 Å². The van der Waals surface area contributed by atoms with E-state index < -0.39 is 5.60 Å². The first-order chi connectivity index (χ1) is 18.2. The Morgan fingerprint density at radius 3 is 2.32 bits per heavy atom. The number of amides is 1. The molecule has 0 saturated carbocycles. The number of pyridine rings is 1. The van der Waals surface area contributed by atoms with Gasteiger partial charge in [-0.25, -0.2) is 0 Å². The Bertz CT molecular complexity index is 1430. The normalized spacial score (nSPS) is 16.3. The van der Waals surface area contributed by atoms with Crippen LogP contribution in [0.25, 0.3) is 11.1 Å². The zero-order valence-electron chi connectivity index (χ0n) is 21.5. The van der Waals surface area contributed by atoms with Crippen LogP contribution in [-0.4, -0.2) is 52.7 Å². The van der Waals surface area contributed by atoms with Crippen molar-refractivity contribution in [1.29, 1.82) is 10.5 Å². The Hall–Kier alpha value is -4.40. The second-order valence-corrected chi connectivity index (χ2v) is 10.7. The average molecular weight is 508 g/mol. The van der Waals surface area contributed by atoms with E-state index in [2.05, 4.69) is 22.0 Å². The van der Waals surface area contributed by atoms with Crippen LogP contribution in [0.2, 0.25) is 0 Å². The zero-order valence-corrected chi connectivity index (χ0v) is 21.5. The predicted molar refractivity (Wildman–Crippen MR) is 142 cm³/mol. The summed E-state index contributed by atoms with van der Waals surface area (Å²) in [5.74, 6) is 0.890. The van der Waals surface area contributed by atoms with Crippen molar-refractivity contribution in [3.63, 3.8) is 0 Å². The molecule has 2 aromatic carbocycles. The standard InChI is InChI=1S/C30H29N5O3/c1-29(2,37)28(36)35-19-30(20-35)9-11-34(12-10-30)27-8-7-25(13-23(27)16-32)38-26-14-24(17-33-18-26)22-5-3-21(15-31)4-6-22/h3-8,13-14,17-18,37H,9-12,19-20H2,1-2H3. The Morgan fingerprint density at radius 2 is 1.68 bits per heavy atom. The van der Waals surface area contributed by atoms with Gasteiger partial charge in [0, 0.05) is 49.4 Å². The number of likely N-dealkylation sites (tertiary alicyclic amines) is 1. The van der Waals surface area contributed by atoms with Crippen LogP contribution in [-0.2, 0) is 4.79 Å². The molecule has 38 heavy (non-hydrogen) atoms. The molecule has 0 atom stereocenters. The third-order valence-corrected chi connectivity index (χ3v) is 7.41. The number of nitriles is 2. The molecule has 0 radical (unpaired) electrons. The van der Waals surface area contributed by atoms with Crippen molar-refractivity contribution in [3.8, 4) is 34.8 Å². The number of hydrogen-bond donors (Lipinski definition) is 1. The summed E-state index contributed by atoms with van der Waals surface area (Å²) in [6.07, 6.45) is 5.23. The van der Waals surface area contributed by atoms with Crippen molar-refractivity contribution in [1.82, 2.24) is 9.88 Å². The summed E-state index contributed by atoms with van der Waals surface area (Å²) < 4.78 is 6.05. The van der Waals surface area contributed by atoms with E-state index in [0.29, 0.717) is 35.7 Å². The molecule has 192 valence electrons. The molecular weight excluding hydrogens is 478 g/mol. The van der Waals surface area contributed by atoms with Crippen molar-refractivity contribution in [2.24, 2.45) is 5.41 Å². The summed E-state index contributed by atoms with van der Waals surface area (Å²) in [7, 11) is 0. The van der Waals surface area contributed by atoms with E-state index in [4.69, 9.17) is 10.00 Å². The number of aromatic nitrogens is 1. The number of carbonyl (C=O) groups excluding carboxylic acids is 1. The molecule has 0 bridgehead atoms. The summed E-state index contributed by atoms with van der Waals surface area (Å²) in [6.45, 7) is 6.02. The molecule has 2 saturated heterocycles. The van der Waals surface area contributed by atoms with E-state index in [9.17, 15) is 15.2 Å². The van der Waals surface area contributed by atoms with Gasteiger partial charge in [-0.3, -0.25) is 9.78 Å². The van der Waals surface area contributed by atoms with Crippen LogP contribution in [0.3, 0.4) is 0 Å². The highest BCUT2D eigenvalue weighted by atomic mass is 16.5. The Labute approximate surface area is 222 Å². The summed E-state index contributed by atoms with van der Waals surface area (Å²) >= 11 is 0. The summed E-state index contributed by atoms with van der Waals surface area (Å²) in [5, 5.41) is 28.9. The van der Waals surface area contributed by atoms with E-state index >= 15 is 0 Å². The maximum absolute atomic E-state index is 12.3. The fraction of sp³-hybridized carbons (Fsp3) is 0.333. The molecule has 3 heterocycles. The Balaban J connectivity index is 1.24. The third kappa shape index (κ3) is 5.04. The number of anilines is 1. The Kier molecular flexibility index (Phi) is 6.52. The van der Waals surface area contributed by atoms with E-state index in [0.717, 1.165) is 42.7 Å². The molecule has 3 aromatic rings. The van der Waals surface area contributed by atoms with Crippen molar-refractivity contribution in [2.75, 3.05) is 31.1 Å². The zero-order chi connectivity index (χ0) is 26.9. The first kappa shape index (κ1) is 25.3. The van der Waals surface area contributed by atoms with Gasteiger partial charge in [0.25, 0.3) is 5.91 Å². The van der Waals surface area contributed by atoms with Crippen LogP contribution >= 0.6 is 0 Å². The maximum atomic E-state index is 12.3. The molecule has 8 nitrogen and oxygen atoms in total. The minimum Gasteiger partial charge on any atom is -0.456 e. The molecule has 1 spiro atoms.